The first-order chi connectivity index (χ1) is 17.1. The van der Waals surface area contributed by atoms with Crippen LogP contribution in [0.4, 0.5) is 0 Å². The summed E-state index contributed by atoms with van der Waals surface area (Å²) in [5, 5.41) is 4.38. The second-order valence-corrected chi connectivity index (χ2v) is 9.01. The first-order valence-corrected chi connectivity index (χ1v) is 12.0. The van der Waals surface area contributed by atoms with E-state index in [1.54, 1.807) is 14.2 Å². The number of benzene rings is 3. The summed E-state index contributed by atoms with van der Waals surface area (Å²) in [6.07, 6.45) is 3.00. The van der Waals surface area contributed by atoms with Crippen LogP contribution in [0, 0.1) is 0 Å². The highest BCUT2D eigenvalue weighted by Crippen LogP contribution is 2.31. The number of fused-ring (bicyclic) bond motifs is 2. The Morgan fingerprint density at radius 3 is 2.57 bits per heavy atom. The Morgan fingerprint density at radius 1 is 1.00 bits per heavy atom. The van der Waals surface area contributed by atoms with Crippen LogP contribution in [0.2, 0.25) is 0 Å². The largest absolute Gasteiger partial charge is 0.497 e. The Kier molecular flexibility index (Phi) is 6.73. The first kappa shape index (κ1) is 23.0. The maximum atomic E-state index is 13.0. The van der Waals surface area contributed by atoms with E-state index in [9.17, 15) is 4.79 Å². The van der Waals surface area contributed by atoms with Gasteiger partial charge in [0.25, 0.3) is 0 Å². The number of para-hydroxylation sites is 1. The van der Waals surface area contributed by atoms with Gasteiger partial charge in [0.1, 0.15) is 11.5 Å². The maximum absolute atomic E-state index is 13.0. The second kappa shape index (κ2) is 10.2. The predicted octanol–water partition coefficient (Wildman–Crippen LogP) is 4.49. The molecule has 0 saturated heterocycles. The molecule has 4 aromatic rings. The van der Waals surface area contributed by atoms with Gasteiger partial charge in [-0.2, -0.15) is 0 Å². The van der Waals surface area contributed by atoms with Gasteiger partial charge < -0.3 is 19.8 Å². The van der Waals surface area contributed by atoms with Gasteiger partial charge in [-0.1, -0.05) is 36.4 Å². The Hall–Kier alpha value is -3.77. The fraction of sp³-hybridized carbons (Fsp3) is 0.276. The number of rotatable bonds is 8. The zero-order valence-corrected chi connectivity index (χ0v) is 20.2. The summed E-state index contributed by atoms with van der Waals surface area (Å²) in [4.78, 5) is 18.6. The number of hydrogen-bond acceptors (Lipinski definition) is 4. The molecule has 180 valence electrons. The van der Waals surface area contributed by atoms with Gasteiger partial charge in [-0.05, 0) is 59.0 Å². The van der Waals surface area contributed by atoms with Crippen molar-refractivity contribution in [2.24, 2.45) is 0 Å². The van der Waals surface area contributed by atoms with Crippen LogP contribution in [-0.4, -0.2) is 49.6 Å². The third-order valence-corrected chi connectivity index (χ3v) is 6.89. The van der Waals surface area contributed by atoms with Crippen LogP contribution in [0.5, 0.6) is 11.5 Å². The molecule has 1 aliphatic heterocycles. The zero-order valence-electron chi connectivity index (χ0n) is 20.2. The number of amides is 1. The molecular formula is C29H31N3O3. The quantitative estimate of drug-likeness (QED) is 0.399. The summed E-state index contributed by atoms with van der Waals surface area (Å²) >= 11 is 0. The number of aromatic amines is 1. The van der Waals surface area contributed by atoms with Crippen molar-refractivity contribution in [2.45, 2.75) is 18.9 Å². The molecule has 1 amide bonds. The normalized spacial score (nSPS) is 14.3. The van der Waals surface area contributed by atoms with Crippen molar-refractivity contribution < 1.29 is 14.3 Å². The molecule has 1 atom stereocenters. The molecule has 2 heterocycles. The highest BCUT2D eigenvalue weighted by atomic mass is 16.5. The monoisotopic (exact) mass is 469 g/mol. The summed E-state index contributed by atoms with van der Waals surface area (Å²) in [7, 11) is 3.35. The van der Waals surface area contributed by atoms with Gasteiger partial charge in [0.2, 0.25) is 5.91 Å². The van der Waals surface area contributed by atoms with E-state index in [0.29, 0.717) is 13.1 Å². The fourth-order valence-corrected chi connectivity index (χ4v) is 4.95. The molecule has 0 aliphatic carbocycles. The minimum Gasteiger partial charge on any atom is -0.497 e. The van der Waals surface area contributed by atoms with E-state index < -0.39 is 0 Å². The third-order valence-electron chi connectivity index (χ3n) is 6.89. The number of H-pyrrole nitrogens is 1. The molecule has 3 aromatic carbocycles. The zero-order chi connectivity index (χ0) is 24.2. The Morgan fingerprint density at radius 2 is 1.77 bits per heavy atom. The van der Waals surface area contributed by atoms with Gasteiger partial charge in [0.05, 0.1) is 20.8 Å². The van der Waals surface area contributed by atoms with Gasteiger partial charge in [0.15, 0.2) is 0 Å². The molecule has 6 heteroatoms. The van der Waals surface area contributed by atoms with Gasteiger partial charge in [-0.15, -0.1) is 0 Å². The van der Waals surface area contributed by atoms with Gasteiger partial charge in [0, 0.05) is 42.7 Å². The lowest BCUT2D eigenvalue weighted by molar-refractivity contribution is -0.122. The van der Waals surface area contributed by atoms with E-state index >= 15 is 0 Å². The Labute approximate surface area is 205 Å². The molecule has 2 N–H and O–H groups in total. The molecular weight excluding hydrogens is 438 g/mol. The fourth-order valence-electron chi connectivity index (χ4n) is 4.95. The van der Waals surface area contributed by atoms with E-state index in [-0.39, 0.29) is 11.8 Å². The number of carbonyl (C=O) groups is 1. The number of ether oxygens (including phenoxy) is 2. The molecule has 0 saturated carbocycles. The summed E-state index contributed by atoms with van der Waals surface area (Å²) in [5.41, 5.74) is 5.97. The first-order valence-electron chi connectivity index (χ1n) is 12.0. The number of nitrogens with one attached hydrogen (secondary N) is 2. The average Bonchev–Trinajstić information content (AvgIpc) is 3.32. The molecule has 35 heavy (non-hydrogen) atoms. The Bertz CT molecular complexity index is 1310. The smallest absolute Gasteiger partial charge is 0.234 e. The molecule has 0 spiro atoms. The number of nitrogens with zero attached hydrogens (tertiary/aromatic N) is 1. The molecule has 0 fully saturated rings. The highest BCUT2D eigenvalue weighted by molar-refractivity contribution is 5.84. The lowest BCUT2D eigenvalue weighted by Crippen LogP contribution is -2.41. The van der Waals surface area contributed by atoms with Gasteiger partial charge in [-0.25, -0.2) is 0 Å². The molecule has 0 radical (unpaired) electrons. The van der Waals surface area contributed by atoms with Crippen LogP contribution in [0.3, 0.4) is 0 Å². The van der Waals surface area contributed by atoms with Crippen molar-refractivity contribution in [1.82, 2.24) is 15.2 Å². The molecule has 1 aromatic heterocycles. The second-order valence-electron chi connectivity index (χ2n) is 9.01. The van der Waals surface area contributed by atoms with E-state index in [2.05, 4.69) is 57.8 Å². The van der Waals surface area contributed by atoms with Crippen molar-refractivity contribution in [3.63, 3.8) is 0 Å². The van der Waals surface area contributed by atoms with Crippen LogP contribution in [-0.2, 0) is 17.8 Å². The standard InChI is InChI=1S/C29H31N3O3/c1-34-23-10-8-21(9-11-23)26(27-17-30-28-6-4-3-5-25(27)28)16-31-29(33)19-32-14-13-20-7-12-24(35-2)15-22(20)18-32/h3-12,15,17,26,30H,13-14,16,18-19H2,1-2H3,(H,31,33). The van der Waals surface area contributed by atoms with Crippen LogP contribution in [0.25, 0.3) is 10.9 Å². The third kappa shape index (κ3) is 5.03. The predicted molar refractivity (Wildman–Crippen MR) is 138 cm³/mol. The lowest BCUT2D eigenvalue weighted by atomic mass is 9.90. The van der Waals surface area contributed by atoms with Crippen LogP contribution in [0.15, 0.2) is 72.9 Å². The molecule has 1 aliphatic rings. The minimum absolute atomic E-state index is 0.0207. The maximum Gasteiger partial charge on any atom is 0.234 e. The SMILES string of the molecule is COc1ccc(C(CNC(=O)CN2CCc3ccc(OC)cc3C2)c2c[nH]c3ccccc23)cc1. The van der Waals surface area contributed by atoms with Crippen molar-refractivity contribution >= 4 is 16.8 Å². The van der Waals surface area contributed by atoms with Gasteiger partial charge >= 0.3 is 0 Å². The number of methoxy groups -OCH3 is 2. The Balaban J connectivity index is 1.30. The van der Waals surface area contributed by atoms with Crippen LogP contribution >= 0.6 is 0 Å². The summed E-state index contributed by atoms with van der Waals surface area (Å²) in [6.45, 7) is 2.52. The molecule has 0 bridgehead atoms. The summed E-state index contributed by atoms with van der Waals surface area (Å²) in [5.74, 6) is 1.73. The van der Waals surface area contributed by atoms with Gasteiger partial charge in [-0.3, -0.25) is 9.69 Å². The van der Waals surface area contributed by atoms with Crippen LogP contribution in [0.1, 0.15) is 28.2 Å². The summed E-state index contributed by atoms with van der Waals surface area (Å²) in [6, 6.07) is 22.6. The highest BCUT2D eigenvalue weighted by Gasteiger charge is 2.22. The van der Waals surface area contributed by atoms with Crippen molar-refractivity contribution in [2.75, 3.05) is 33.9 Å². The van der Waals surface area contributed by atoms with Crippen molar-refractivity contribution in [1.29, 1.82) is 0 Å². The lowest BCUT2D eigenvalue weighted by Gasteiger charge is -2.28. The topological polar surface area (TPSA) is 66.6 Å². The van der Waals surface area contributed by atoms with E-state index in [4.69, 9.17) is 9.47 Å². The minimum atomic E-state index is 0.0207. The summed E-state index contributed by atoms with van der Waals surface area (Å²) < 4.78 is 10.7. The number of aromatic nitrogens is 1. The van der Waals surface area contributed by atoms with E-state index in [0.717, 1.165) is 42.1 Å². The molecule has 5 rings (SSSR count). The molecule has 6 nitrogen and oxygen atoms in total. The molecule has 1 unspecified atom stereocenters. The van der Waals surface area contributed by atoms with Crippen LogP contribution < -0.4 is 14.8 Å². The van der Waals surface area contributed by atoms with Crippen molar-refractivity contribution in [3.05, 3.63) is 95.2 Å². The van der Waals surface area contributed by atoms with Crippen molar-refractivity contribution in [3.8, 4) is 11.5 Å². The number of hydrogen-bond donors (Lipinski definition) is 2. The van der Waals surface area contributed by atoms with E-state index in [1.807, 2.05) is 30.3 Å². The van der Waals surface area contributed by atoms with E-state index in [1.165, 1.54) is 22.1 Å². The average molecular weight is 470 g/mol. The number of carbonyl (C=O) groups excluding carboxylic acids is 1.